The van der Waals surface area contributed by atoms with Crippen molar-refractivity contribution in [2.24, 2.45) is 0 Å². The van der Waals surface area contributed by atoms with Crippen LogP contribution in [0.1, 0.15) is 42.7 Å². The number of aromatic nitrogens is 2. The Labute approximate surface area is 201 Å². The van der Waals surface area contributed by atoms with E-state index in [2.05, 4.69) is 20.2 Å². The van der Waals surface area contributed by atoms with Gasteiger partial charge in [0.05, 0.1) is 13.2 Å². The second kappa shape index (κ2) is 10.9. The maximum atomic E-state index is 12.8. The van der Waals surface area contributed by atoms with Crippen LogP contribution < -0.4 is 19.5 Å². The van der Waals surface area contributed by atoms with Gasteiger partial charge in [-0.15, -0.1) is 10.2 Å². The van der Waals surface area contributed by atoms with Gasteiger partial charge in [0.1, 0.15) is 0 Å². The highest BCUT2D eigenvalue weighted by molar-refractivity contribution is 7.91. The van der Waals surface area contributed by atoms with Crippen LogP contribution in [0.15, 0.2) is 46.8 Å². The highest BCUT2D eigenvalue weighted by atomic mass is 35.5. The second-order valence-corrected chi connectivity index (χ2v) is 10.1. The van der Waals surface area contributed by atoms with Crippen LogP contribution in [0.2, 0.25) is 5.02 Å². The van der Waals surface area contributed by atoms with Gasteiger partial charge in [-0.2, -0.15) is 0 Å². The Bertz CT molecular complexity index is 1220. The van der Waals surface area contributed by atoms with Crippen molar-refractivity contribution in [3.8, 4) is 11.5 Å². The van der Waals surface area contributed by atoms with Gasteiger partial charge in [0.15, 0.2) is 11.5 Å². The molecule has 1 aromatic heterocycles. The summed E-state index contributed by atoms with van der Waals surface area (Å²) in [4.78, 5) is 12.3. The number of anilines is 1. The van der Waals surface area contributed by atoms with Crippen molar-refractivity contribution >= 4 is 44.0 Å². The van der Waals surface area contributed by atoms with Gasteiger partial charge < -0.3 is 9.47 Å². The van der Waals surface area contributed by atoms with E-state index in [0.717, 1.165) is 11.3 Å². The third kappa shape index (κ3) is 6.41. The Morgan fingerprint density at radius 1 is 1.06 bits per heavy atom. The largest absolute Gasteiger partial charge is 0.490 e. The van der Waals surface area contributed by atoms with Crippen molar-refractivity contribution in [2.45, 2.75) is 31.2 Å². The van der Waals surface area contributed by atoms with Crippen LogP contribution in [0, 0.1) is 0 Å². The molecule has 0 saturated carbocycles. The van der Waals surface area contributed by atoms with Gasteiger partial charge in [0.2, 0.25) is 9.47 Å². The zero-order valence-electron chi connectivity index (χ0n) is 18.2. The summed E-state index contributed by atoms with van der Waals surface area (Å²) in [5.74, 6) is 0.667. The Kier molecular flexibility index (Phi) is 8.25. The van der Waals surface area contributed by atoms with E-state index in [1.54, 1.807) is 49.4 Å². The molecule has 0 fully saturated rings. The van der Waals surface area contributed by atoms with Gasteiger partial charge in [0, 0.05) is 16.6 Å². The lowest BCUT2D eigenvalue weighted by atomic mass is 10.1. The third-order valence-corrected chi connectivity index (χ3v) is 7.36. The standard InChI is InChI=1S/C21H23ClN4O5S2/c1-4-30-17-11-8-15(12-18(17)31-5-2)13(3)26-33(28,29)21-25-24-20(32-21)23-19(27)14-6-9-16(22)10-7-14/h6-13,26H,4-5H2,1-3H3,(H,23,24,27). The Morgan fingerprint density at radius 3 is 2.39 bits per heavy atom. The number of ether oxygens (including phenoxy) is 2. The van der Waals surface area contributed by atoms with E-state index >= 15 is 0 Å². The molecular formula is C21H23ClN4O5S2. The smallest absolute Gasteiger partial charge is 0.270 e. The van der Waals surface area contributed by atoms with Crippen LogP contribution in [-0.4, -0.2) is 37.7 Å². The zero-order valence-corrected chi connectivity index (χ0v) is 20.6. The Morgan fingerprint density at radius 2 is 1.73 bits per heavy atom. The number of carbonyl (C=O) groups is 1. The van der Waals surface area contributed by atoms with Gasteiger partial charge >= 0.3 is 0 Å². The molecule has 0 radical (unpaired) electrons. The summed E-state index contributed by atoms with van der Waals surface area (Å²) < 4.78 is 39.1. The average molecular weight is 511 g/mol. The van der Waals surface area contributed by atoms with E-state index in [1.807, 2.05) is 13.8 Å². The van der Waals surface area contributed by atoms with Crippen LogP contribution in [0.3, 0.4) is 0 Å². The van der Waals surface area contributed by atoms with E-state index in [9.17, 15) is 13.2 Å². The first-order chi connectivity index (χ1) is 15.7. The van der Waals surface area contributed by atoms with Gasteiger partial charge in [-0.1, -0.05) is 29.0 Å². The molecule has 0 bridgehead atoms. The molecule has 12 heteroatoms. The normalized spacial score (nSPS) is 12.2. The van der Waals surface area contributed by atoms with Gasteiger partial charge in [-0.25, -0.2) is 13.1 Å². The van der Waals surface area contributed by atoms with Crippen LogP contribution >= 0.6 is 22.9 Å². The SMILES string of the molecule is CCOc1ccc(C(C)NS(=O)(=O)c2nnc(NC(=O)c3ccc(Cl)cc3)s2)cc1OCC. The fraction of sp³-hybridized carbons (Fsp3) is 0.286. The third-order valence-electron chi connectivity index (χ3n) is 4.36. The van der Waals surface area contributed by atoms with E-state index in [1.165, 1.54) is 0 Å². The van der Waals surface area contributed by atoms with E-state index in [4.69, 9.17) is 21.1 Å². The molecule has 9 nitrogen and oxygen atoms in total. The molecule has 0 aliphatic rings. The van der Waals surface area contributed by atoms with E-state index in [-0.39, 0.29) is 9.47 Å². The number of hydrogen-bond acceptors (Lipinski definition) is 8. The summed E-state index contributed by atoms with van der Waals surface area (Å²) in [6.07, 6.45) is 0. The van der Waals surface area contributed by atoms with Gasteiger partial charge in [-0.3, -0.25) is 10.1 Å². The zero-order chi connectivity index (χ0) is 24.0. The van der Waals surface area contributed by atoms with Gasteiger partial charge in [0.25, 0.3) is 15.9 Å². The molecule has 0 aliphatic heterocycles. The number of hydrogen-bond donors (Lipinski definition) is 2. The van der Waals surface area contributed by atoms with E-state index < -0.39 is 22.0 Å². The first-order valence-corrected chi connectivity index (χ1v) is 12.7. The second-order valence-electron chi connectivity index (χ2n) is 6.75. The molecule has 3 rings (SSSR count). The highest BCUT2D eigenvalue weighted by Crippen LogP contribution is 2.31. The molecule has 176 valence electrons. The molecule has 1 unspecified atom stereocenters. The Hall–Kier alpha value is -2.73. The fourth-order valence-electron chi connectivity index (χ4n) is 2.83. The lowest BCUT2D eigenvalue weighted by molar-refractivity contribution is 0.102. The molecule has 1 heterocycles. The van der Waals surface area contributed by atoms with Gasteiger partial charge in [-0.05, 0) is 62.7 Å². The van der Waals surface area contributed by atoms with Crippen LogP contribution in [0.5, 0.6) is 11.5 Å². The highest BCUT2D eigenvalue weighted by Gasteiger charge is 2.24. The van der Waals surface area contributed by atoms with Crippen molar-refractivity contribution in [1.29, 1.82) is 0 Å². The molecular weight excluding hydrogens is 488 g/mol. The lowest BCUT2D eigenvalue weighted by Gasteiger charge is -2.16. The predicted octanol–water partition coefficient (Wildman–Crippen LogP) is 4.28. The number of nitrogens with zero attached hydrogens (tertiary/aromatic N) is 2. The van der Waals surface area contributed by atoms with Crippen LogP contribution in [-0.2, 0) is 10.0 Å². The fourth-order valence-corrected chi connectivity index (χ4v) is 5.10. The summed E-state index contributed by atoms with van der Waals surface area (Å²) in [5, 5.41) is 10.6. The number of halogens is 1. The summed E-state index contributed by atoms with van der Waals surface area (Å²) in [5.41, 5.74) is 1.04. The summed E-state index contributed by atoms with van der Waals surface area (Å²) in [6, 6.07) is 10.9. The quantitative estimate of drug-likeness (QED) is 0.390. The molecule has 0 spiro atoms. The minimum absolute atomic E-state index is 0.0580. The summed E-state index contributed by atoms with van der Waals surface area (Å²) in [6.45, 7) is 6.35. The number of carbonyl (C=O) groups excluding carboxylic acids is 1. The van der Waals surface area contributed by atoms with Crippen molar-refractivity contribution in [2.75, 3.05) is 18.5 Å². The number of benzene rings is 2. The van der Waals surface area contributed by atoms with Crippen molar-refractivity contribution in [3.63, 3.8) is 0 Å². The molecule has 0 saturated heterocycles. The predicted molar refractivity (Wildman–Crippen MR) is 127 cm³/mol. The topological polar surface area (TPSA) is 120 Å². The minimum Gasteiger partial charge on any atom is -0.490 e. The van der Waals surface area contributed by atoms with Crippen molar-refractivity contribution in [3.05, 3.63) is 58.6 Å². The Balaban J connectivity index is 1.71. The maximum absolute atomic E-state index is 12.8. The molecule has 1 amide bonds. The van der Waals surface area contributed by atoms with Crippen molar-refractivity contribution < 1.29 is 22.7 Å². The molecule has 33 heavy (non-hydrogen) atoms. The maximum Gasteiger partial charge on any atom is 0.270 e. The molecule has 2 aromatic carbocycles. The average Bonchev–Trinajstić information content (AvgIpc) is 3.25. The molecule has 2 N–H and O–H groups in total. The summed E-state index contributed by atoms with van der Waals surface area (Å²) in [7, 11) is -3.98. The van der Waals surface area contributed by atoms with E-state index in [0.29, 0.717) is 40.9 Å². The molecule has 1 atom stereocenters. The van der Waals surface area contributed by atoms with Crippen molar-refractivity contribution in [1.82, 2.24) is 14.9 Å². The van der Waals surface area contributed by atoms with Crippen LogP contribution in [0.25, 0.3) is 0 Å². The number of rotatable bonds is 10. The first-order valence-electron chi connectivity index (χ1n) is 10.1. The molecule has 0 aliphatic carbocycles. The number of sulfonamides is 1. The van der Waals surface area contributed by atoms with Crippen LogP contribution in [0.4, 0.5) is 5.13 Å². The summed E-state index contributed by atoms with van der Waals surface area (Å²) >= 11 is 6.57. The minimum atomic E-state index is -3.98. The lowest BCUT2D eigenvalue weighted by Crippen LogP contribution is -2.26. The monoisotopic (exact) mass is 510 g/mol. The number of nitrogens with one attached hydrogen (secondary N) is 2. The number of amides is 1. The first kappa shape index (κ1) is 24.9. The molecule has 3 aromatic rings.